The molecule has 1 aliphatic carbocycles. The van der Waals surface area contributed by atoms with Crippen LogP contribution < -0.4 is 10.6 Å². The molecule has 0 unspecified atom stereocenters. The van der Waals surface area contributed by atoms with Crippen molar-refractivity contribution in [3.8, 4) is 0 Å². The lowest BCUT2D eigenvalue weighted by atomic mass is 9.77. The van der Waals surface area contributed by atoms with E-state index in [0.29, 0.717) is 19.4 Å². The van der Waals surface area contributed by atoms with Crippen molar-refractivity contribution < 1.29 is 14.7 Å². The van der Waals surface area contributed by atoms with Crippen molar-refractivity contribution in [2.45, 2.75) is 31.3 Å². The zero-order valence-electron chi connectivity index (χ0n) is 9.85. The van der Waals surface area contributed by atoms with Crippen LogP contribution in [0.3, 0.4) is 0 Å². The van der Waals surface area contributed by atoms with Gasteiger partial charge in [0, 0.05) is 18.9 Å². The average molecular weight is 249 g/mol. The van der Waals surface area contributed by atoms with Gasteiger partial charge in [-0.2, -0.15) is 0 Å². The minimum Gasteiger partial charge on any atom is -0.480 e. The van der Waals surface area contributed by atoms with E-state index in [9.17, 15) is 9.59 Å². The molecule has 2 amide bonds. The summed E-state index contributed by atoms with van der Waals surface area (Å²) in [5.74, 6) is -0.965. The molecule has 0 spiro atoms. The summed E-state index contributed by atoms with van der Waals surface area (Å²) >= 11 is 0. The lowest BCUT2D eigenvalue weighted by Gasteiger charge is -2.38. The number of hydrogen-bond donors (Lipinski definition) is 3. The molecule has 1 aromatic rings. The Labute approximate surface area is 104 Å². The third-order valence-corrected chi connectivity index (χ3v) is 3.17. The Hall–Kier alpha value is -2.11. The zero-order valence-corrected chi connectivity index (χ0v) is 9.85. The van der Waals surface area contributed by atoms with Crippen LogP contribution in [-0.4, -0.2) is 27.6 Å². The molecule has 0 saturated heterocycles. The van der Waals surface area contributed by atoms with Gasteiger partial charge < -0.3 is 15.7 Å². The zero-order chi connectivity index (χ0) is 13.0. The number of pyridine rings is 1. The number of carboxylic acid groups (broad SMARTS) is 1. The summed E-state index contributed by atoms with van der Waals surface area (Å²) in [6, 6.07) is 3.13. The summed E-state index contributed by atoms with van der Waals surface area (Å²) in [5, 5.41) is 14.2. The summed E-state index contributed by atoms with van der Waals surface area (Å²) < 4.78 is 0. The molecule has 6 heteroatoms. The Morgan fingerprint density at radius 2 is 2.00 bits per heavy atom. The number of carboxylic acids is 1. The molecule has 1 fully saturated rings. The first-order valence-electron chi connectivity index (χ1n) is 5.81. The van der Waals surface area contributed by atoms with Gasteiger partial charge in [0.25, 0.3) is 0 Å². The van der Waals surface area contributed by atoms with Crippen molar-refractivity contribution in [2.75, 3.05) is 0 Å². The smallest absolute Gasteiger partial charge is 0.329 e. The first-order chi connectivity index (χ1) is 8.62. The Bertz CT molecular complexity index is 443. The van der Waals surface area contributed by atoms with Crippen LogP contribution in [0.5, 0.6) is 0 Å². The molecule has 1 aromatic heterocycles. The topological polar surface area (TPSA) is 91.3 Å². The van der Waals surface area contributed by atoms with Gasteiger partial charge in [-0.1, -0.05) is 0 Å². The van der Waals surface area contributed by atoms with E-state index in [1.54, 1.807) is 24.5 Å². The third-order valence-electron chi connectivity index (χ3n) is 3.17. The largest absolute Gasteiger partial charge is 0.480 e. The van der Waals surface area contributed by atoms with Crippen LogP contribution in [-0.2, 0) is 11.3 Å². The lowest BCUT2D eigenvalue weighted by Crippen LogP contribution is -2.61. The fourth-order valence-electron chi connectivity index (χ4n) is 1.87. The summed E-state index contributed by atoms with van der Waals surface area (Å²) in [7, 11) is 0. The van der Waals surface area contributed by atoms with Crippen molar-refractivity contribution in [3.05, 3.63) is 30.1 Å². The summed E-state index contributed by atoms with van der Waals surface area (Å²) in [4.78, 5) is 26.6. The number of hydrogen-bond acceptors (Lipinski definition) is 3. The molecule has 0 aromatic carbocycles. The fraction of sp³-hybridized carbons (Fsp3) is 0.417. The molecule has 0 bridgehead atoms. The number of urea groups is 1. The monoisotopic (exact) mass is 249 g/mol. The standard InChI is InChI=1S/C12H15N3O3/c16-10(17)12(4-1-5-12)15-11(18)14-8-9-2-6-13-7-3-9/h2-3,6-7H,1,4-5,8H2,(H,16,17)(H2,14,15,18). The van der Waals surface area contributed by atoms with Crippen LogP contribution in [0.1, 0.15) is 24.8 Å². The lowest BCUT2D eigenvalue weighted by molar-refractivity contribution is -0.148. The molecule has 1 aliphatic rings. The first kappa shape index (κ1) is 12.3. The number of aromatic nitrogens is 1. The predicted molar refractivity (Wildman–Crippen MR) is 63.8 cm³/mol. The summed E-state index contributed by atoms with van der Waals surface area (Å²) in [6.07, 6.45) is 5.09. The quantitative estimate of drug-likeness (QED) is 0.739. The van der Waals surface area contributed by atoms with E-state index in [1.807, 2.05) is 0 Å². The van der Waals surface area contributed by atoms with Crippen molar-refractivity contribution >= 4 is 12.0 Å². The van der Waals surface area contributed by atoms with E-state index in [4.69, 9.17) is 5.11 Å². The number of amides is 2. The highest BCUT2D eigenvalue weighted by atomic mass is 16.4. The second-order valence-corrected chi connectivity index (χ2v) is 4.40. The van der Waals surface area contributed by atoms with Gasteiger partial charge in [-0.25, -0.2) is 9.59 Å². The van der Waals surface area contributed by atoms with Crippen LogP contribution in [0.2, 0.25) is 0 Å². The molecule has 0 aliphatic heterocycles. The van der Waals surface area contributed by atoms with Crippen LogP contribution in [0.15, 0.2) is 24.5 Å². The SMILES string of the molecule is O=C(NCc1ccncc1)NC1(C(=O)O)CCC1. The van der Waals surface area contributed by atoms with E-state index in [0.717, 1.165) is 12.0 Å². The third kappa shape index (κ3) is 2.58. The van der Waals surface area contributed by atoms with Gasteiger partial charge in [0.15, 0.2) is 0 Å². The van der Waals surface area contributed by atoms with Crippen LogP contribution in [0.25, 0.3) is 0 Å². The highest BCUT2D eigenvalue weighted by molar-refractivity contribution is 5.87. The van der Waals surface area contributed by atoms with Crippen molar-refractivity contribution in [1.29, 1.82) is 0 Å². The molecule has 0 radical (unpaired) electrons. The van der Waals surface area contributed by atoms with Gasteiger partial charge in [0.2, 0.25) is 0 Å². The van der Waals surface area contributed by atoms with Crippen LogP contribution in [0.4, 0.5) is 4.79 Å². The molecular weight excluding hydrogens is 234 g/mol. The van der Waals surface area contributed by atoms with Crippen molar-refractivity contribution in [1.82, 2.24) is 15.6 Å². The number of nitrogens with one attached hydrogen (secondary N) is 2. The molecule has 6 nitrogen and oxygen atoms in total. The number of aliphatic carboxylic acids is 1. The Morgan fingerprint density at radius 3 is 2.50 bits per heavy atom. The molecule has 0 atom stereocenters. The highest BCUT2D eigenvalue weighted by Crippen LogP contribution is 2.31. The van der Waals surface area contributed by atoms with Crippen molar-refractivity contribution in [2.24, 2.45) is 0 Å². The van der Waals surface area contributed by atoms with Crippen LogP contribution in [0, 0.1) is 0 Å². The van der Waals surface area contributed by atoms with E-state index in [-0.39, 0.29) is 0 Å². The second kappa shape index (κ2) is 5.03. The predicted octanol–water partition coefficient (Wildman–Crippen LogP) is 0.888. The van der Waals surface area contributed by atoms with Crippen LogP contribution >= 0.6 is 0 Å². The maximum absolute atomic E-state index is 11.6. The molecule has 1 heterocycles. The molecule has 2 rings (SSSR count). The number of carbonyl (C=O) groups excluding carboxylic acids is 1. The minimum atomic E-state index is -1.07. The van der Waals surface area contributed by atoms with Gasteiger partial charge in [-0.15, -0.1) is 0 Å². The number of rotatable bonds is 4. The normalized spacial score (nSPS) is 16.4. The average Bonchev–Trinajstić information content (AvgIpc) is 2.32. The first-order valence-corrected chi connectivity index (χ1v) is 5.81. The number of nitrogens with zero attached hydrogens (tertiary/aromatic N) is 1. The highest BCUT2D eigenvalue weighted by Gasteiger charge is 2.45. The van der Waals surface area contributed by atoms with Gasteiger partial charge in [0.1, 0.15) is 5.54 Å². The second-order valence-electron chi connectivity index (χ2n) is 4.40. The van der Waals surface area contributed by atoms with E-state index in [2.05, 4.69) is 15.6 Å². The molecule has 96 valence electrons. The van der Waals surface area contributed by atoms with Gasteiger partial charge in [-0.3, -0.25) is 4.98 Å². The Morgan fingerprint density at radius 1 is 1.33 bits per heavy atom. The van der Waals surface area contributed by atoms with Crippen molar-refractivity contribution in [3.63, 3.8) is 0 Å². The number of carbonyl (C=O) groups is 2. The molecular formula is C12H15N3O3. The fourth-order valence-corrected chi connectivity index (χ4v) is 1.87. The van der Waals surface area contributed by atoms with Gasteiger partial charge >= 0.3 is 12.0 Å². The van der Waals surface area contributed by atoms with E-state index in [1.165, 1.54) is 0 Å². The minimum absolute atomic E-state index is 0.351. The van der Waals surface area contributed by atoms with E-state index < -0.39 is 17.5 Å². The molecule has 18 heavy (non-hydrogen) atoms. The van der Waals surface area contributed by atoms with Gasteiger partial charge in [-0.05, 0) is 37.0 Å². The molecule has 1 saturated carbocycles. The molecule has 3 N–H and O–H groups in total. The maximum Gasteiger partial charge on any atom is 0.329 e. The summed E-state index contributed by atoms with van der Waals surface area (Å²) in [5.41, 5.74) is -0.152. The maximum atomic E-state index is 11.6. The van der Waals surface area contributed by atoms with E-state index >= 15 is 0 Å². The van der Waals surface area contributed by atoms with Gasteiger partial charge in [0.05, 0.1) is 0 Å². The Balaban J connectivity index is 1.84. The summed E-state index contributed by atoms with van der Waals surface area (Å²) in [6.45, 7) is 0.351. The Kier molecular flexibility index (Phi) is 3.45.